The van der Waals surface area contributed by atoms with Gasteiger partial charge in [-0.1, -0.05) is 46.9 Å². The zero-order chi connectivity index (χ0) is 12.4. The molecule has 1 aromatic rings. The Balaban J connectivity index is 3.21. The lowest BCUT2D eigenvalue weighted by Crippen LogP contribution is -2.10. The fraction of sp³-hybridized carbons (Fsp3) is 0.125. The number of rotatable bonds is 2. The minimum atomic E-state index is -4.24. The molecule has 0 aliphatic heterocycles. The highest BCUT2D eigenvalue weighted by molar-refractivity contribution is 7.86. The molecule has 0 saturated heterocycles. The van der Waals surface area contributed by atoms with E-state index in [1.54, 1.807) is 12.1 Å². The van der Waals surface area contributed by atoms with Gasteiger partial charge in [0.25, 0.3) is 10.1 Å². The lowest BCUT2D eigenvalue weighted by molar-refractivity contribution is 0.484. The molecule has 1 rings (SSSR count). The van der Waals surface area contributed by atoms with Crippen LogP contribution in [0.25, 0.3) is 0 Å². The summed E-state index contributed by atoms with van der Waals surface area (Å²) in [5, 5.41) is 0.399. The standard InChI is InChI=1S/C8H6Cl3O3PS/c9-8(10,11)5-15-6-3-1-2-4-7(6)16(12,13)14/h1-5H,(H,12,13,14)/p+1. The van der Waals surface area contributed by atoms with Gasteiger partial charge in [0.2, 0.25) is 3.79 Å². The summed E-state index contributed by atoms with van der Waals surface area (Å²) in [5.41, 5.74) is 0. The summed E-state index contributed by atoms with van der Waals surface area (Å²) in [6, 6.07) is 5.99. The van der Waals surface area contributed by atoms with Gasteiger partial charge in [-0.2, -0.15) is 8.42 Å². The number of benzene rings is 1. The molecule has 88 valence electrons. The minimum absolute atomic E-state index is 0.132. The van der Waals surface area contributed by atoms with E-state index in [0.717, 1.165) is 0 Å². The summed E-state index contributed by atoms with van der Waals surface area (Å²) in [7, 11) is -4.38. The summed E-state index contributed by atoms with van der Waals surface area (Å²) in [6.45, 7) is 0. The third kappa shape index (κ3) is 4.58. The Labute approximate surface area is 110 Å². The average Bonchev–Trinajstić information content (AvgIpc) is 2.12. The van der Waals surface area contributed by atoms with Crippen LogP contribution >= 0.6 is 43.0 Å². The average molecular weight is 321 g/mol. The Morgan fingerprint density at radius 1 is 1.25 bits per heavy atom. The topological polar surface area (TPSA) is 54.4 Å². The Kier molecular flexibility index (Phi) is 4.64. The lowest BCUT2D eigenvalue weighted by atomic mass is 10.4. The highest BCUT2D eigenvalue weighted by Crippen LogP contribution is 2.25. The van der Waals surface area contributed by atoms with Crippen LogP contribution in [0.3, 0.4) is 0 Å². The molecule has 0 heterocycles. The SMILES string of the molecule is O=S(=O)(O)c1ccccc1[PH+]=CC(Cl)(Cl)Cl. The van der Waals surface area contributed by atoms with Crippen LogP contribution in [0.15, 0.2) is 29.2 Å². The summed E-state index contributed by atoms with van der Waals surface area (Å²) in [4.78, 5) is -0.168. The molecule has 0 aliphatic carbocycles. The molecule has 8 heteroatoms. The van der Waals surface area contributed by atoms with Crippen molar-refractivity contribution in [2.75, 3.05) is 0 Å². The van der Waals surface area contributed by atoms with Gasteiger partial charge < -0.3 is 0 Å². The lowest BCUT2D eigenvalue weighted by Gasteiger charge is -1.98. The highest BCUT2D eigenvalue weighted by atomic mass is 35.6. The summed E-state index contributed by atoms with van der Waals surface area (Å²) in [5.74, 6) is 1.35. The molecule has 1 N–H and O–H groups in total. The van der Waals surface area contributed by atoms with Crippen LogP contribution in [0.5, 0.6) is 0 Å². The van der Waals surface area contributed by atoms with Gasteiger partial charge in [-0.3, -0.25) is 4.55 Å². The molecule has 0 spiro atoms. The molecule has 0 amide bonds. The largest absolute Gasteiger partial charge is 0.298 e. The van der Waals surface area contributed by atoms with Crippen molar-refractivity contribution in [3.8, 4) is 0 Å². The van der Waals surface area contributed by atoms with Gasteiger partial charge in [-0.05, 0) is 12.1 Å². The maximum Gasteiger partial charge on any atom is 0.298 e. The van der Waals surface area contributed by atoms with Gasteiger partial charge in [-0.25, -0.2) is 0 Å². The van der Waals surface area contributed by atoms with E-state index in [4.69, 9.17) is 39.4 Å². The normalized spacial score (nSPS) is 13.2. The van der Waals surface area contributed by atoms with Crippen LogP contribution in [0.1, 0.15) is 0 Å². The van der Waals surface area contributed by atoms with Gasteiger partial charge in [0, 0.05) is 0 Å². The van der Waals surface area contributed by atoms with Crippen LogP contribution in [0.2, 0.25) is 0 Å². The van der Waals surface area contributed by atoms with Gasteiger partial charge in [0.15, 0.2) is 5.30 Å². The van der Waals surface area contributed by atoms with Crippen molar-refractivity contribution in [1.82, 2.24) is 0 Å². The Morgan fingerprint density at radius 3 is 2.31 bits per heavy atom. The molecule has 0 aromatic heterocycles. The predicted molar refractivity (Wildman–Crippen MR) is 70.6 cm³/mol. The quantitative estimate of drug-likeness (QED) is 0.517. The van der Waals surface area contributed by atoms with E-state index in [9.17, 15) is 8.42 Å². The number of halogens is 3. The first-order valence-electron chi connectivity index (χ1n) is 3.94. The first kappa shape index (κ1) is 14.2. The second-order valence-electron chi connectivity index (χ2n) is 2.80. The smallest absolute Gasteiger partial charge is 0.282 e. The van der Waals surface area contributed by atoms with Crippen LogP contribution < -0.4 is 5.30 Å². The van der Waals surface area contributed by atoms with Crippen molar-refractivity contribution in [3.63, 3.8) is 0 Å². The van der Waals surface area contributed by atoms with Crippen molar-refractivity contribution < 1.29 is 13.0 Å². The molecule has 0 aliphatic rings. The van der Waals surface area contributed by atoms with Crippen molar-refractivity contribution in [2.45, 2.75) is 8.69 Å². The molecule has 3 nitrogen and oxygen atoms in total. The second kappa shape index (κ2) is 5.21. The first-order valence-corrected chi connectivity index (χ1v) is 7.59. The van der Waals surface area contributed by atoms with E-state index in [2.05, 4.69) is 0 Å². The zero-order valence-corrected chi connectivity index (χ0v) is 11.8. The van der Waals surface area contributed by atoms with Crippen LogP contribution in [-0.4, -0.2) is 22.6 Å². The summed E-state index contributed by atoms with van der Waals surface area (Å²) >= 11 is 16.6. The van der Waals surface area contributed by atoms with Gasteiger partial charge in [0.1, 0.15) is 18.9 Å². The van der Waals surface area contributed by atoms with Gasteiger partial charge >= 0.3 is 0 Å². The molecule has 0 bridgehead atoms. The van der Waals surface area contributed by atoms with Gasteiger partial charge in [-0.15, -0.1) is 0 Å². The van der Waals surface area contributed by atoms with Crippen molar-refractivity contribution >= 4 is 64.2 Å². The molecular formula is C8H7Cl3O3PS+. The maximum absolute atomic E-state index is 11.0. The second-order valence-corrected chi connectivity index (χ2v) is 7.68. The Bertz CT molecular complexity index is 508. The molecule has 0 radical (unpaired) electrons. The molecule has 1 aromatic carbocycles. The fourth-order valence-corrected chi connectivity index (χ4v) is 3.36. The number of alkyl halides is 3. The van der Waals surface area contributed by atoms with E-state index in [0.29, 0.717) is 5.30 Å². The van der Waals surface area contributed by atoms with E-state index >= 15 is 0 Å². The summed E-state index contributed by atoms with van der Waals surface area (Å²) in [6.07, 6.45) is 0. The summed E-state index contributed by atoms with van der Waals surface area (Å²) < 4.78 is 29.5. The third-order valence-corrected chi connectivity index (χ3v) is 4.85. The first-order chi connectivity index (χ1) is 7.20. The Morgan fingerprint density at radius 2 is 1.81 bits per heavy atom. The van der Waals surface area contributed by atoms with Crippen molar-refractivity contribution in [1.29, 1.82) is 0 Å². The molecule has 1 atom stereocenters. The van der Waals surface area contributed by atoms with Gasteiger partial charge in [0.05, 0.1) is 0 Å². The van der Waals surface area contributed by atoms with Crippen molar-refractivity contribution in [2.24, 2.45) is 0 Å². The molecular weight excluding hydrogens is 313 g/mol. The van der Waals surface area contributed by atoms with E-state index in [-0.39, 0.29) is 13.1 Å². The maximum atomic E-state index is 11.0. The molecule has 0 fully saturated rings. The third-order valence-electron chi connectivity index (χ3n) is 1.56. The van der Waals surface area contributed by atoms with E-state index in [1.165, 1.54) is 17.9 Å². The van der Waals surface area contributed by atoms with Crippen LogP contribution in [0, 0.1) is 0 Å². The number of hydrogen-bond acceptors (Lipinski definition) is 2. The highest BCUT2D eigenvalue weighted by Gasteiger charge is 2.22. The molecule has 16 heavy (non-hydrogen) atoms. The van der Waals surface area contributed by atoms with E-state index in [1.807, 2.05) is 0 Å². The van der Waals surface area contributed by atoms with Crippen molar-refractivity contribution in [3.05, 3.63) is 24.3 Å². The molecule has 1 unspecified atom stereocenters. The molecule has 0 saturated carbocycles. The predicted octanol–water partition coefficient (Wildman–Crippen LogP) is 2.41. The van der Waals surface area contributed by atoms with Crippen LogP contribution in [-0.2, 0) is 10.1 Å². The number of hydrogen-bond donors (Lipinski definition) is 1. The minimum Gasteiger partial charge on any atom is -0.282 e. The monoisotopic (exact) mass is 319 g/mol. The zero-order valence-electron chi connectivity index (χ0n) is 7.69. The van der Waals surface area contributed by atoms with E-state index < -0.39 is 13.9 Å². The fourth-order valence-electron chi connectivity index (χ4n) is 0.970. The Hall–Kier alpha value is 0.170. The van der Waals surface area contributed by atoms with Crippen LogP contribution in [0.4, 0.5) is 0 Å².